The Morgan fingerprint density at radius 3 is 2.67 bits per heavy atom. The van der Waals surface area contributed by atoms with E-state index in [0.29, 0.717) is 10.0 Å². The van der Waals surface area contributed by atoms with Gasteiger partial charge in [0.15, 0.2) is 0 Å². The molecule has 0 aliphatic heterocycles. The predicted molar refractivity (Wildman–Crippen MR) is 46.8 cm³/mol. The summed E-state index contributed by atoms with van der Waals surface area (Å²) in [5.41, 5.74) is 0.579. The van der Waals surface area contributed by atoms with Gasteiger partial charge in [0.25, 0.3) is 0 Å². The average molecular weight is 228 g/mol. The van der Waals surface area contributed by atoms with Crippen LogP contribution in [0.1, 0.15) is 5.56 Å². The minimum atomic E-state index is -0.0553. The van der Waals surface area contributed by atoms with Gasteiger partial charge in [0.2, 0.25) is 0 Å². The minimum Gasteiger partial charge on any atom is -0.508 e. The van der Waals surface area contributed by atoms with Crippen molar-refractivity contribution in [1.29, 1.82) is 5.26 Å². The van der Waals surface area contributed by atoms with Crippen LogP contribution in [-0.4, -0.2) is 10.2 Å². The Labute approximate surface area is 78.0 Å². The zero-order valence-corrected chi connectivity index (χ0v) is 7.67. The van der Waals surface area contributed by atoms with Crippen molar-refractivity contribution in [2.75, 3.05) is 0 Å². The third-order valence-corrected chi connectivity index (χ3v) is 2.30. The van der Waals surface area contributed by atoms with E-state index in [4.69, 9.17) is 10.4 Å². The number of rotatable bonds is 1. The van der Waals surface area contributed by atoms with Crippen LogP contribution >= 0.6 is 15.9 Å². The van der Waals surface area contributed by atoms with Gasteiger partial charge in [-0.1, -0.05) is 0 Å². The first-order chi connectivity index (χ1) is 5.65. The molecule has 62 valence electrons. The number of aromatic hydroxyl groups is 2. The first kappa shape index (κ1) is 8.88. The van der Waals surface area contributed by atoms with Crippen molar-refractivity contribution in [2.24, 2.45) is 0 Å². The van der Waals surface area contributed by atoms with Gasteiger partial charge in [-0.2, -0.15) is 5.26 Å². The zero-order valence-electron chi connectivity index (χ0n) is 6.08. The standard InChI is InChI=1S/C8H6BrNO2/c9-8-5(1-2-10)3-6(11)4-7(8)12/h3-4,11-12H,1H2. The zero-order chi connectivity index (χ0) is 9.14. The van der Waals surface area contributed by atoms with Crippen LogP contribution in [0.4, 0.5) is 0 Å². The lowest BCUT2D eigenvalue weighted by Crippen LogP contribution is -1.84. The van der Waals surface area contributed by atoms with Crippen molar-refractivity contribution in [1.82, 2.24) is 0 Å². The molecule has 0 bridgehead atoms. The van der Waals surface area contributed by atoms with Gasteiger partial charge < -0.3 is 10.2 Å². The van der Waals surface area contributed by atoms with Gasteiger partial charge in [-0.3, -0.25) is 0 Å². The monoisotopic (exact) mass is 227 g/mol. The largest absolute Gasteiger partial charge is 0.508 e. The van der Waals surface area contributed by atoms with Crippen molar-refractivity contribution in [3.05, 3.63) is 22.2 Å². The van der Waals surface area contributed by atoms with E-state index in [1.807, 2.05) is 6.07 Å². The fraction of sp³-hybridized carbons (Fsp3) is 0.125. The summed E-state index contributed by atoms with van der Waals surface area (Å²) in [7, 11) is 0. The third kappa shape index (κ3) is 1.69. The molecule has 0 unspecified atom stereocenters. The Bertz CT molecular complexity index is 344. The van der Waals surface area contributed by atoms with Crippen LogP contribution in [0.3, 0.4) is 0 Å². The molecule has 0 atom stereocenters. The molecule has 0 amide bonds. The number of nitriles is 1. The van der Waals surface area contributed by atoms with E-state index in [0.717, 1.165) is 0 Å². The lowest BCUT2D eigenvalue weighted by atomic mass is 10.1. The van der Waals surface area contributed by atoms with Crippen molar-refractivity contribution in [3.63, 3.8) is 0 Å². The Morgan fingerprint density at radius 2 is 2.08 bits per heavy atom. The van der Waals surface area contributed by atoms with Gasteiger partial charge >= 0.3 is 0 Å². The summed E-state index contributed by atoms with van der Waals surface area (Å²) in [6.07, 6.45) is 0.155. The quantitative estimate of drug-likeness (QED) is 0.771. The summed E-state index contributed by atoms with van der Waals surface area (Å²) >= 11 is 3.10. The van der Waals surface area contributed by atoms with E-state index in [9.17, 15) is 5.11 Å². The van der Waals surface area contributed by atoms with E-state index in [1.54, 1.807) is 0 Å². The highest BCUT2D eigenvalue weighted by molar-refractivity contribution is 9.10. The lowest BCUT2D eigenvalue weighted by molar-refractivity contribution is 0.447. The fourth-order valence-electron chi connectivity index (χ4n) is 0.865. The summed E-state index contributed by atoms with van der Waals surface area (Å²) in [5.74, 6) is -0.0961. The Kier molecular flexibility index (Phi) is 2.56. The van der Waals surface area contributed by atoms with E-state index >= 15 is 0 Å². The molecule has 1 rings (SSSR count). The topological polar surface area (TPSA) is 64.2 Å². The molecule has 0 aliphatic rings. The second-order valence-electron chi connectivity index (χ2n) is 2.27. The number of phenols is 2. The van der Waals surface area contributed by atoms with Gasteiger partial charge in [0, 0.05) is 6.07 Å². The number of phenolic OH excluding ortho intramolecular Hbond substituents is 2. The molecule has 0 saturated carbocycles. The predicted octanol–water partition coefficient (Wildman–Crippen LogP) is 1.93. The maximum Gasteiger partial charge on any atom is 0.133 e. The van der Waals surface area contributed by atoms with Crippen LogP contribution in [0.15, 0.2) is 16.6 Å². The normalized spacial score (nSPS) is 9.33. The molecule has 4 heteroatoms. The van der Waals surface area contributed by atoms with Crippen LogP contribution in [0, 0.1) is 11.3 Å². The van der Waals surface area contributed by atoms with Gasteiger partial charge in [0.05, 0.1) is 17.0 Å². The highest BCUT2D eigenvalue weighted by Gasteiger charge is 2.06. The van der Waals surface area contributed by atoms with Crippen molar-refractivity contribution in [2.45, 2.75) is 6.42 Å². The fourth-order valence-corrected chi connectivity index (χ4v) is 1.23. The molecular formula is C8H6BrNO2. The smallest absolute Gasteiger partial charge is 0.133 e. The number of benzene rings is 1. The highest BCUT2D eigenvalue weighted by Crippen LogP contribution is 2.31. The molecular weight excluding hydrogens is 222 g/mol. The summed E-state index contributed by atoms with van der Waals surface area (Å²) < 4.78 is 0.460. The van der Waals surface area contributed by atoms with Gasteiger partial charge in [0.1, 0.15) is 11.5 Å². The summed E-state index contributed by atoms with van der Waals surface area (Å²) in [5, 5.41) is 26.6. The van der Waals surface area contributed by atoms with Crippen LogP contribution in [0.2, 0.25) is 0 Å². The number of halogens is 1. The molecule has 0 spiro atoms. The van der Waals surface area contributed by atoms with Crippen molar-refractivity contribution < 1.29 is 10.2 Å². The van der Waals surface area contributed by atoms with Crippen LogP contribution in [0.25, 0.3) is 0 Å². The maximum atomic E-state index is 9.19. The number of hydrogen-bond donors (Lipinski definition) is 2. The van der Waals surface area contributed by atoms with Crippen LogP contribution in [-0.2, 0) is 6.42 Å². The molecule has 1 aromatic rings. The Balaban J connectivity index is 3.20. The van der Waals surface area contributed by atoms with Crippen LogP contribution in [0.5, 0.6) is 11.5 Å². The molecule has 0 saturated heterocycles. The molecule has 3 nitrogen and oxygen atoms in total. The first-order valence-corrected chi connectivity index (χ1v) is 4.01. The second kappa shape index (κ2) is 3.46. The van der Waals surface area contributed by atoms with Gasteiger partial charge in [-0.05, 0) is 27.6 Å². The maximum absolute atomic E-state index is 9.19. The highest BCUT2D eigenvalue weighted by atomic mass is 79.9. The SMILES string of the molecule is N#CCc1cc(O)cc(O)c1Br. The molecule has 12 heavy (non-hydrogen) atoms. The van der Waals surface area contributed by atoms with Crippen molar-refractivity contribution in [3.8, 4) is 17.6 Å². The lowest BCUT2D eigenvalue weighted by Gasteiger charge is -2.02. The van der Waals surface area contributed by atoms with Crippen LogP contribution < -0.4 is 0 Å². The molecule has 0 heterocycles. The van der Waals surface area contributed by atoms with Gasteiger partial charge in [-0.15, -0.1) is 0 Å². The summed E-state index contributed by atoms with van der Waals surface area (Å²) in [6, 6.07) is 4.58. The molecule has 0 fully saturated rings. The Morgan fingerprint density at radius 1 is 1.42 bits per heavy atom. The Hall–Kier alpha value is -1.21. The molecule has 2 N–H and O–H groups in total. The third-order valence-electron chi connectivity index (χ3n) is 1.38. The van der Waals surface area contributed by atoms with E-state index in [1.165, 1.54) is 12.1 Å². The molecule has 1 aromatic carbocycles. The second-order valence-corrected chi connectivity index (χ2v) is 3.07. The van der Waals surface area contributed by atoms with E-state index in [2.05, 4.69) is 15.9 Å². The van der Waals surface area contributed by atoms with E-state index in [-0.39, 0.29) is 17.9 Å². The molecule has 0 aliphatic carbocycles. The summed E-state index contributed by atoms with van der Waals surface area (Å²) in [4.78, 5) is 0. The van der Waals surface area contributed by atoms with Gasteiger partial charge in [-0.25, -0.2) is 0 Å². The van der Waals surface area contributed by atoms with Crippen molar-refractivity contribution >= 4 is 15.9 Å². The number of nitrogens with zero attached hydrogens (tertiary/aromatic N) is 1. The van der Waals surface area contributed by atoms with E-state index < -0.39 is 0 Å². The number of hydrogen-bond acceptors (Lipinski definition) is 3. The first-order valence-electron chi connectivity index (χ1n) is 3.22. The summed E-state index contributed by atoms with van der Waals surface area (Å²) in [6.45, 7) is 0. The average Bonchev–Trinajstić information content (AvgIpc) is 2.00. The minimum absolute atomic E-state index is 0.0408. The molecule has 0 radical (unpaired) electrons. The molecule has 0 aromatic heterocycles.